The number of rotatable bonds is 5. The molecule has 5 rings (SSSR count). The number of halogens is 4. The van der Waals surface area contributed by atoms with Crippen LogP contribution in [-0.4, -0.2) is 72.8 Å². The molecule has 1 fully saturated rings. The summed E-state index contributed by atoms with van der Waals surface area (Å²) in [5.41, 5.74) is 7.18. The first-order chi connectivity index (χ1) is 16.2. The third-order valence-corrected chi connectivity index (χ3v) is 6.03. The van der Waals surface area contributed by atoms with E-state index in [1.54, 1.807) is 13.0 Å². The van der Waals surface area contributed by atoms with Gasteiger partial charge in [-0.15, -0.1) is 5.10 Å². The number of likely N-dealkylation sites (tertiary alicyclic amines) is 1. The number of nitrogen functional groups attached to an aromatic ring is 1. The molecule has 0 radical (unpaired) electrons. The third kappa shape index (κ3) is 3.89. The Bertz CT molecular complexity index is 1370. The van der Waals surface area contributed by atoms with Crippen molar-refractivity contribution in [2.45, 2.75) is 38.5 Å². The van der Waals surface area contributed by atoms with Gasteiger partial charge in [-0.3, -0.25) is 0 Å². The van der Waals surface area contributed by atoms with Crippen LogP contribution in [0, 0.1) is 12.7 Å². The van der Waals surface area contributed by atoms with Crippen molar-refractivity contribution in [2.75, 3.05) is 31.2 Å². The lowest BCUT2D eigenvalue weighted by molar-refractivity contribution is 0.127. The summed E-state index contributed by atoms with van der Waals surface area (Å²) in [6, 6.07) is 2.64. The normalized spacial score (nSPS) is 19.5. The Morgan fingerprint density at radius 3 is 2.76 bits per heavy atom. The standard InChI is InChI=1S/C21H23F4N9/c1-10-27-15-4-3-14(28-20(15)33(10)9-16(24)25)17-12(23)8-34-18(17)19(26)30-21(31-34)29-13-5-6-32(2)7-11(13)22/h3-4,8,11,13,16H,5-7,9H2,1-2H3,(H3,26,29,30,31)/t11-,13+/m1/s1. The molecule has 0 aliphatic carbocycles. The lowest BCUT2D eigenvalue weighted by Gasteiger charge is -2.32. The van der Waals surface area contributed by atoms with E-state index in [-0.39, 0.29) is 40.7 Å². The molecule has 13 heteroatoms. The molecule has 1 aliphatic heterocycles. The maximum Gasteiger partial charge on any atom is 0.256 e. The number of nitrogens with one attached hydrogen (secondary N) is 1. The quantitative estimate of drug-likeness (QED) is 0.426. The summed E-state index contributed by atoms with van der Waals surface area (Å²) in [5.74, 6) is -0.234. The number of hydrogen-bond acceptors (Lipinski definition) is 7. The number of anilines is 2. The number of nitrogens with two attached hydrogens (primary N) is 1. The Hall–Kier alpha value is -3.48. The molecule has 1 aliphatic rings. The molecule has 180 valence electrons. The molecular formula is C21H23F4N9. The summed E-state index contributed by atoms with van der Waals surface area (Å²) in [7, 11) is 1.85. The maximum absolute atomic E-state index is 15.1. The summed E-state index contributed by atoms with van der Waals surface area (Å²) in [6.45, 7) is 2.02. The van der Waals surface area contributed by atoms with E-state index < -0.39 is 31.0 Å². The number of nitrogens with zero attached hydrogens (tertiary/aromatic N) is 7. The second kappa shape index (κ2) is 8.38. The number of fused-ring (bicyclic) bond motifs is 2. The van der Waals surface area contributed by atoms with Gasteiger partial charge in [0.2, 0.25) is 5.95 Å². The Morgan fingerprint density at radius 2 is 2.03 bits per heavy atom. The van der Waals surface area contributed by atoms with Gasteiger partial charge in [0.1, 0.15) is 23.0 Å². The molecule has 0 spiro atoms. The predicted molar refractivity (Wildman–Crippen MR) is 119 cm³/mol. The maximum atomic E-state index is 15.1. The zero-order chi connectivity index (χ0) is 24.1. The van der Waals surface area contributed by atoms with Gasteiger partial charge in [-0.2, -0.15) is 4.98 Å². The van der Waals surface area contributed by atoms with Gasteiger partial charge in [-0.25, -0.2) is 32.0 Å². The van der Waals surface area contributed by atoms with Crippen LogP contribution in [0.5, 0.6) is 0 Å². The third-order valence-electron chi connectivity index (χ3n) is 6.03. The average molecular weight is 477 g/mol. The van der Waals surface area contributed by atoms with Gasteiger partial charge in [-0.1, -0.05) is 0 Å². The zero-order valence-corrected chi connectivity index (χ0v) is 18.5. The fourth-order valence-corrected chi connectivity index (χ4v) is 4.38. The molecule has 1 saturated heterocycles. The van der Waals surface area contributed by atoms with Crippen LogP contribution in [0.4, 0.5) is 29.3 Å². The number of aromatic nitrogens is 6. The summed E-state index contributed by atoms with van der Waals surface area (Å²) in [6.07, 6.45) is -2.03. The highest BCUT2D eigenvalue weighted by Crippen LogP contribution is 2.32. The number of aryl methyl sites for hydroxylation is 1. The zero-order valence-electron chi connectivity index (χ0n) is 18.5. The molecule has 0 saturated carbocycles. The van der Waals surface area contributed by atoms with Crippen LogP contribution in [0.2, 0.25) is 0 Å². The van der Waals surface area contributed by atoms with Crippen LogP contribution in [0.25, 0.3) is 27.9 Å². The molecule has 9 nitrogen and oxygen atoms in total. The molecule has 5 heterocycles. The number of alkyl halides is 3. The van der Waals surface area contributed by atoms with Crippen molar-refractivity contribution in [3.8, 4) is 11.3 Å². The minimum Gasteiger partial charge on any atom is -0.382 e. The molecule has 0 bridgehead atoms. The van der Waals surface area contributed by atoms with E-state index in [9.17, 15) is 13.2 Å². The molecule has 0 aromatic carbocycles. The van der Waals surface area contributed by atoms with Crippen LogP contribution in [-0.2, 0) is 6.54 Å². The summed E-state index contributed by atoms with van der Waals surface area (Å²) >= 11 is 0. The lowest BCUT2D eigenvalue weighted by Crippen LogP contribution is -2.46. The first kappa shape index (κ1) is 22.3. The van der Waals surface area contributed by atoms with E-state index >= 15 is 4.39 Å². The first-order valence-corrected chi connectivity index (χ1v) is 10.8. The van der Waals surface area contributed by atoms with Crippen molar-refractivity contribution in [1.82, 2.24) is 34.0 Å². The number of piperidine rings is 1. The van der Waals surface area contributed by atoms with Crippen LogP contribution in [0.1, 0.15) is 12.2 Å². The average Bonchev–Trinajstić information content (AvgIpc) is 3.25. The van der Waals surface area contributed by atoms with Gasteiger partial charge in [0.05, 0.1) is 30.0 Å². The highest BCUT2D eigenvalue weighted by molar-refractivity contribution is 5.89. The smallest absolute Gasteiger partial charge is 0.256 e. The van der Waals surface area contributed by atoms with Crippen molar-refractivity contribution in [1.29, 1.82) is 0 Å². The molecule has 4 aromatic rings. The van der Waals surface area contributed by atoms with Gasteiger partial charge in [0, 0.05) is 13.1 Å². The number of pyridine rings is 1. The van der Waals surface area contributed by atoms with Gasteiger partial charge in [0.15, 0.2) is 17.3 Å². The summed E-state index contributed by atoms with van der Waals surface area (Å²) in [4.78, 5) is 14.8. The van der Waals surface area contributed by atoms with Gasteiger partial charge >= 0.3 is 0 Å². The van der Waals surface area contributed by atoms with Gasteiger partial charge in [-0.05, 0) is 32.5 Å². The lowest BCUT2D eigenvalue weighted by atomic mass is 10.0. The van der Waals surface area contributed by atoms with E-state index in [1.165, 1.54) is 15.1 Å². The van der Waals surface area contributed by atoms with Crippen LogP contribution in [0.3, 0.4) is 0 Å². The Balaban J connectivity index is 1.54. The number of hydrogen-bond donors (Lipinski definition) is 2. The molecule has 4 aromatic heterocycles. The van der Waals surface area contributed by atoms with E-state index in [1.807, 2.05) is 11.9 Å². The predicted octanol–water partition coefficient (Wildman–Crippen LogP) is 2.89. The molecule has 0 unspecified atom stereocenters. The second-order valence-corrected chi connectivity index (χ2v) is 8.48. The number of imidazole rings is 1. The molecular weight excluding hydrogens is 454 g/mol. The van der Waals surface area contributed by atoms with Gasteiger partial charge in [0.25, 0.3) is 6.43 Å². The Labute approximate surface area is 191 Å². The second-order valence-electron chi connectivity index (χ2n) is 8.48. The van der Waals surface area contributed by atoms with Crippen molar-refractivity contribution in [3.63, 3.8) is 0 Å². The first-order valence-electron chi connectivity index (χ1n) is 10.8. The summed E-state index contributed by atoms with van der Waals surface area (Å²) in [5, 5.41) is 7.22. The molecule has 34 heavy (non-hydrogen) atoms. The highest BCUT2D eigenvalue weighted by atomic mass is 19.3. The topological polar surface area (TPSA) is 102 Å². The minimum absolute atomic E-state index is 0.0288. The van der Waals surface area contributed by atoms with Crippen LogP contribution < -0.4 is 11.1 Å². The largest absolute Gasteiger partial charge is 0.382 e. The van der Waals surface area contributed by atoms with Crippen molar-refractivity contribution >= 4 is 28.4 Å². The van der Waals surface area contributed by atoms with Crippen molar-refractivity contribution in [2.24, 2.45) is 0 Å². The SMILES string of the molecule is Cc1nc2ccc(-c3c(F)cn4nc(N[C@H]5CCN(C)C[C@H]5F)nc(N)c34)nc2n1CC(F)F. The van der Waals surface area contributed by atoms with E-state index in [0.717, 1.165) is 6.20 Å². The fraction of sp³-hybridized carbons (Fsp3) is 0.429. The van der Waals surface area contributed by atoms with Gasteiger partial charge < -0.3 is 20.5 Å². The van der Waals surface area contributed by atoms with E-state index in [2.05, 4.69) is 25.4 Å². The Kier molecular flexibility index (Phi) is 5.50. The minimum atomic E-state index is -2.60. The van der Waals surface area contributed by atoms with Crippen LogP contribution >= 0.6 is 0 Å². The summed E-state index contributed by atoms with van der Waals surface area (Å²) < 4.78 is 58.1. The monoisotopic (exact) mass is 477 g/mol. The van der Waals surface area contributed by atoms with Crippen LogP contribution in [0.15, 0.2) is 18.3 Å². The van der Waals surface area contributed by atoms with E-state index in [0.29, 0.717) is 24.3 Å². The van der Waals surface area contributed by atoms with Crippen molar-refractivity contribution in [3.05, 3.63) is 30.0 Å². The van der Waals surface area contributed by atoms with Crippen molar-refractivity contribution < 1.29 is 17.6 Å². The Morgan fingerprint density at radius 1 is 1.24 bits per heavy atom. The molecule has 2 atom stereocenters. The highest BCUT2D eigenvalue weighted by Gasteiger charge is 2.29. The fourth-order valence-electron chi connectivity index (χ4n) is 4.38. The molecule has 3 N–H and O–H groups in total. The molecule has 0 amide bonds. The van der Waals surface area contributed by atoms with E-state index in [4.69, 9.17) is 5.73 Å².